The summed E-state index contributed by atoms with van der Waals surface area (Å²) in [5.41, 5.74) is -0.422. The first-order valence-electron chi connectivity index (χ1n) is 8.98. The molecule has 1 aromatic carbocycles. The van der Waals surface area contributed by atoms with Crippen LogP contribution in [0.5, 0.6) is 0 Å². The number of amides is 1. The van der Waals surface area contributed by atoms with Gasteiger partial charge < -0.3 is 10.0 Å². The van der Waals surface area contributed by atoms with E-state index in [4.69, 9.17) is 5.11 Å². The maximum absolute atomic E-state index is 12.9. The monoisotopic (exact) mass is 395 g/mol. The Morgan fingerprint density at radius 1 is 1.25 bits per heavy atom. The van der Waals surface area contributed by atoms with E-state index in [9.17, 15) is 22.8 Å². The zero-order valence-electron chi connectivity index (χ0n) is 15.0. The number of benzene rings is 1. The van der Waals surface area contributed by atoms with Crippen LogP contribution in [-0.2, 0) is 11.0 Å². The van der Waals surface area contributed by atoms with Gasteiger partial charge in [0.2, 0.25) is 0 Å². The van der Waals surface area contributed by atoms with Gasteiger partial charge in [-0.05, 0) is 49.4 Å². The third-order valence-corrected chi connectivity index (χ3v) is 4.82. The average Bonchev–Trinajstić information content (AvgIpc) is 3.15. The number of rotatable bonds is 5. The number of aliphatic carboxylic acids is 1. The summed E-state index contributed by atoms with van der Waals surface area (Å²) in [4.78, 5) is 25.1. The number of alkyl halides is 3. The summed E-state index contributed by atoms with van der Waals surface area (Å²) in [6.07, 6.45) is -0.774. The van der Waals surface area contributed by atoms with Gasteiger partial charge in [-0.15, -0.1) is 0 Å². The molecule has 0 unspecified atom stereocenters. The number of carboxylic acid groups (broad SMARTS) is 1. The molecule has 1 aliphatic heterocycles. The van der Waals surface area contributed by atoms with Crippen LogP contribution in [-0.4, -0.2) is 44.8 Å². The van der Waals surface area contributed by atoms with Crippen molar-refractivity contribution in [3.8, 4) is 5.69 Å². The highest BCUT2D eigenvalue weighted by Crippen LogP contribution is 2.30. The highest BCUT2D eigenvalue weighted by atomic mass is 19.4. The Morgan fingerprint density at radius 2 is 2.04 bits per heavy atom. The van der Waals surface area contributed by atoms with Crippen molar-refractivity contribution in [1.29, 1.82) is 0 Å². The van der Waals surface area contributed by atoms with Gasteiger partial charge in [0, 0.05) is 25.7 Å². The van der Waals surface area contributed by atoms with Crippen molar-refractivity contribution in [1.82, 2.24) is 14.7 Å². The molecule has 1 amide bonds. The van der Waals surface area contributed by atoms with Crippen molar-refractivity contribution in [3.63, 3.8) is 0 Å². The SMILES string of the molecule is O=C(O)CC[C@@H]1CCCN(C(=O)c2ccn(-c3cccc(C(F)(F)F)c3)n2)C1. The van der Waals surface area contributed by atoms with Crippen LogP contribution in [0.3, 0.4) is 0 Å². The fourth-order valence-electron chi connectivity index (χ4n) is 3.38. The quantitative estimate of drug-likeness (QED) is 0.839. The number of nitrogens with zero attached hydrogens (tertiary/aromatic N) is 3. The first-order valence-corrected chi connectivity index (χ1v) is 8.98. The predicted octanol–water partition coefficient (Wildman–Crippen LogP) is 3.61. The van der Waals surface area contributed by atoms with Crippen LogP contribution >= 0.6 is 0 Å². The topological polar surface area (TPSA) is 75.4 Å². The van der Waals surface area contributed by atoms with Gasteiger partial charge in [0.25, 0.3) is 5.91 Å². The summed E-state index contributed by atoms with van der Waals surface area (Å²) in [7, 11) is 0. The standard InChI is InChI=1S/C19H20F3N3O3/c20-19(21,22)14-4-1-5-15(11-14)25-10-8-16(23-25)18(28)24-9-2-3-13(12-24)6-7-17(26)27/h1,4-5,8,10-11,13H,2-3,6-7,9,12H2,(H,26,27)/t13-/m0/s1. The Balaban J connectivity index is 1.71. The molecule has 0 aliphatic carbocycles. The zero-order valence-corrected chi connectivity index (χ0v) is 15.0. The van der Waals surface area contributed by atoms with Crippen LogP contribution in [0.15, 0.2) is 36.5 Å². The number of hydrogen-bond donors (Lipinski definition) is 1. The number of carboxylic acids is 1. The van der Waals surface area contributed by atoms with Crippen molar-refractivity contribution in [2.75, 3.05) is 13.1 Å². The number of carbonyl (C=O) groups is 2. The second-order valence-corrected chi connectivity index (χ2v) is 6.89. The first kappa shape index (κ1) is 19.9. The number of piperidine rings is 1. The Kier molecular flexibility index (Phi) is 5.71. The van der Waals surface area contributed by atoms with E-state index in [2.05, 4.69) is 5.10 Å². The second-order valence-electron chi connectivity index (χ2n) is 6.89. The Hall–Kier alpha value is -2.84. The predicted molar refractivity (Wildman–Crippen MR) is 94.1 cm³/mol. The third kappa shape index (κ3) is 4.71. The van der Waals surface area contributed by atoms with Gasteiger partial charge >= 0.3 is 12.1 Å². The maximum atomic E-state index is 12.9. The third-order valence-electron chi connectivity index (χ3n) is 4.82. The summed E-state index contributed by atoms with van der Waals surface area (Å²) in [5, 5.41) is 13.0. The van der Waals surface area contributed by atoms with Gasteiger partial charge in [0.15, 0.2) is 5.69 Å². The number of halogens is 3. The molecule has 1 atom stereocenters. The normalized spacial score (nSPS) is 17.5. The van der Waals surface area contributed by atoms with Gasteiger partial charge in [0.1, 0.15) is 0 Å². The summed E-state index contributed by atoms with van der Waals surface area (Å²) < 4.78 is 39.9. The van der Waals surface area contributed by atoms with Gasteiger partial charge in [-0.2, -0.15) is 18.3 Å². The number of hydrogen-bond acceptors (Lipinski definition) is 3. The molecule has 1 aliphatic rings. The van der Waals surface area contributed by atoms with Crippen molar-refractivity contribution >= 4 is 11.9 Å². The molecule has 2 heterocycles. The lowest BCUT2D eigenvalue weighted by molar-refractivity contribution is -0.138. The molecule has 2 aromatic rings. The van der Waals surface area contributed by atoms with Gasteiger partial charge in [0.05, 0.1) is 11.3 Å². The molecule has 1 saturated heterocycles. The van der Waals surface area contributed by atoms with Crippen LogP contribution in [0.1, 0.15) is 41.7 Å². The van der Waals surface area contributed by atoms with E-state index in [-0.39, 0.29) is 29.6 Å². The van der Waals surface area contributed by atoms with E-state index in [1.807, 2.05) is 0 Å². The van der Waals surface area contributed by atoms with Crippen molar-refractivity contribution < 1.29 is 27.9 Å². The number of likely N-dealkylation sites (tertiary alicyclic amines) is 1. The molecule has 3 rings (SSSR count). The van der Waals surface area contributed by atoms with Crippen molar-refractivity contribution in [3.05, 3.63) is 47.8 Å². The highest BCUT2D eigenvalue weighted by Gasteiger charge is 2.31. The second kappa shape index (κ2) is 8.04. The Bertz CT molecular complexity index is 863. The Labute approximate surface area is 159 Å². The van der Waals surface area contributed by atoms with E-state index in [0.717, 1.165) is 25.0 Å². The lowest BCUT2D eigenvalue weighted by Crippen LogP contribution is -2.40. The number of aromatic nitrogens is 2. The fraction of sp³-hybridized carbons (Fsp3) is 0.421. The van der Waals surface area contributed by atoms with E-state index >= 15 is 0 Å². The van der Waals surface area contributed by atoms with E-state index in [1.54, 1.807) is 4.90 Å². The number of carbonyl (C=O) groups excluding carboxylic acids is 1. The van der Waals surface area contributed by atoms with Crippen LogP contribution in [0.25, 0.3) is 5.69 Å². The summed E-state index contributed by atoms with van der Waals surface area (Å²) in [6.45, 7) is 1.02. The molecule has 1 fully saturated rings. The molecule has 6 nitrogen and oxygen atoms in total. The highest BCUT2D eigenvalue weighted by molar-refractivity contribution is 5.92. The first-order chi connectivity index (χ1) is 13.2. The fourth-order valence-corrected chi connectivity index (χ4v) is 3.38. The minimum absolute atomic E-state index is 0.0663. The molecular formula is C19H20F3N3O3. The van der Waals surface area contributed by atoms with Crippen molar-refractivity contribution in [2.24, 2.45) is 5.92 Å². The van der Waals surface area contributed by atoms with Crippen LogP contribution < -0.4 is 0 Å². The smallest absolute Gasteiger partial charge is 0.416 e. The molecule has 28 heavy (non-hydrogen) atoms. The summed E-state index contributed by atoms with van der Waals surface area (Å²) in [5.74, 6) is -1.03. The lowest BCUT2D eigenvalue weighted by Gasteiger charge is -2.32. The molecule has 1 N–H and O–H groups in total. The minimum atomic E-state index is -4.46. The van der Waals surface area contributed by atoms with Crippen molar-refractivity contribution in [2.45, 2.75) is 31.9 Å². The molecule has 0 radical (unpaired) electrons. The summed E-state index contributed by atoms with van der Waals surface area (Å²) in [6, 6.07) is 6.20. The summed E-state index contributed by atoms with van der Waals surface area (Å²) >= 11 is 0. The van der Waals surface area contributed by atoms with Crippen LogP contribution in [0.4, 0.5) is 13.2 Å². The zero-order chi connectivity index (χ0) is 20.3. The molecule has 0 saturated carbocycles. The van der Waals surface area contributed by atoms with Crippen LogP contribution in [0, 0.1) is 5.92 Å². The molecule has 0 spiro atoms. The van der Waals surface area contributed by atoms with Gasteiger partial charge in [-0.25, -0.2) is 4.68 Å². The maximum Gasteiger partial charge on any atom is 0.416 e. The minimum Gasteiger partial charge on any atom is -0.481 e. The lowest BCUT2D eigenvalue weighted by atomic mass is 9.93. The van der Waals surface area contributed by atoms with E-state index in [1.165, 1.54) is 29.1 Å². The van der Waals surface area contributed by atoms with E-state index < -0.39 is 17.7 Å². The van der Waals surface area contributed by atoms with E-state index in [0.29, 0.717) is 19.5 Å². The van der Waals surface area contributed by atoms with Crippen LogP contribution in [0.2, 0.25) is 0 Å². The average molecular weight is 395 g/mol. The molecule has 9 heteroatoms. The molecule has 0 bridgehead atoms. The molecule has 1 aromatic heterocycles. The largest absolute Gasteiger partial charge is 0.481 e. The Morgan fingerprint density at radius 3 is 2.75 bits per heavy atom. The molecular weight excluding hydrogens is 375 g/mol. The van der Waals surface area contributed by atoms with Gasteiger partial charge in [-0.3, -0.25) is 9.59 Å². The van der Waals surface area contributed by atoms with Gasteiger partial charge in [-0.1, -0.05) is 6.07 Å². The molecule has 150 valence electrons.